The number of aliphatic hydroxyl groups excluding tert-OH is 1. The van der Waals surface area contributed by atoms with Crippen LogP contribution in [-0.2, 0) is 0 Å². The molecule has 2 atom stereocenters. The molecule has 0 radical (unpaired) electrons. The fourth-order valence-corrected chi connectivity index (χ4v) is 2.41. The molecule has 1 nitrogen and oxygen atoms in total. The zero-order valence-corrected chi connectivity index (χ0v) is 9.32. The van der Waals surface area contributed by atoms with Gasteiger partial charge in [0, 0.05) is 5.56 Å². The smallest absolute Gasteiger partial charge is 0.200 e. The Balaban J connectivity index is 2.50. The van der Waals surface area contributed by atoms with Crippen molar-refractivity contribution in [3.05, 3.63) is 34.6 Å². The molecule has 0 aromatic heterocycles. The third-order valence-corrected chi connectivity index (χ3v) is 3.30. The number of hydrogen-bond acceptors (Lipinski definition) is 1. The number of halogens is 5. The van der Waals surface area contributed by atoms with Crippen LogP contribution in [0, 0.1) is 29.1 Å². The summed E-state index contributed by atoms with van der Waals surface area (Å²) in [6.45, 7) is 0. The lowest BCUT2D eigenvalue weighted by molar-refractivity contribution is 0.117. The van der Waals surface area contributed by atoms with E-state index < -0.39 is 46.7 Å². The first-order valence-electron chi connectivity index (χ1n) is 5.62. The Bertz CT molecular complexity index is 445. The summed E-state index contributed by atoms with van der Waals surface area (Å²) in [6.07, 6.45) is 0.518. The average Bonchev–Trinajstić information content (AvgIpc) is 2.34. The van der Waals surface area contributed by atoms with Crippen LogP contribution in [0.15, 0.2) is 0 Å². The van der Waals surface area contributed by atoms with Gasteiger partial charge in [-0.2, -0.15) is 0 Å². The maximum atomic E-state index is 13.5. The molecular formula is C12H11F5O. The molecule has 18 heavy (non-hydrogen) atoms. The van der Waals surface area contributed by atoms with Crippen LogP contribution in [0.2, 0.25) is 0 Å². The van der Waals surface area contributed by atoms with Gasteiger partial charge in [0.2, 0.25) is 5.82 Å². The molecule has 0 unspecified atom stereocenters. The number of hydrogen-bond donors (Lipinski definition) is 1. The number of aliphatic hydroxyl groups is 1. The van der Waals surface area contributed by atoms with Crippen LogP contribution >= 0.6 is 0 Å². The molecule has 0 aliphatic heterocycles. The first kappa shape index (κ1) is 13.3. The van der Waals surface area contributed by atoms with Gasteiger partial charge in [-0.15, -0.1) is 0 Å². The first-order chi connectivity index (χ1) is 8.43. The minimum Gasteiger partial charge on any atom is -0.393 e. The van der Waals surface area contributed by atoms with E-state index in [1.807, 2.05) is 0 Å². The van der Waals surface area contributed by atoms with Crippen molar-refractivity contribution in [2.24, 2.45) is 0 Å². The third kappa shape index (κ3) is 2.09. The summed E-state index contributed by atoms with van der Waals surface area (Å²) >= 11 is 0. The maximum absolute atomic E-state index is 13.5. The summed E-state index contributed by atoms with van der Waals surface area (Å²) in [5.41, 5.74) is -0.801. The van der Waals surface area contributed by atoms with Crippen molar-refractivity contribution < 1.29 is 27.1 Å². The molecule has 100 valence electrons. The molecule has 0 amide bonds. The zero-order valence-electron chi connectivity index (χ0n) is 9.32. The Morgan fingerprint density at radius 3 is 1.78 bits per heavy atom. The summed E-state index contributed by atoms with van der Waals surface area (Å²) in [5, 5.41) is 9.41. The van der Waals surface area contributed by atoms with E-state index in [2.05, 4.69) is 0 Å². The number of benzene rings is 1. The van der Waals surface area contributed by atoms with Crippen molar-refractivity contribution >= 4 is 0 Å². The van der Waals surface area contributed by atoms with Crippen LogP contribution in [0.3, 0.4) is 0 Å². The lowest BCUT2D eigenvalue weighted by Crippen LogP contribution is -2.21. The van der Waals surface area contributed by atoms with Gasteiger partial charge in [-0.3, -0.25) is 0 Å². The molecule has 1 N–H and O–H groups in total. The van der Waals surface area contributed by atoms with Crippen molar-refractivity contribution in [2.75, 3.05) is 0 Å². The fraction of sp³-hybridized carbons (Fsp3) is 0.500. The summed E-state index contributed by atoms with van der Waals surface area (Å²) in [6, 6.07) is 0. The van der Waals surface area contributed by atoms with Crippen molar-refractivity contribution in [1.82, 2.24) is 0 Å². The highest BCUT2D eigenvalue weighted by Crippen LogP contribution is 2.37. The second kappa shape index (κ2) is 4.84. The topological polar surface area (TPSA) is 20.2 Å². The van der Waals surface area contributed by atoms with Gasteiger partial charge in [0.05, 0.1) is 6.10 Å². The minimum absolute atomic E-state index is 0.0123. The van der Waals surface area contributed by atoms with E-state index in [1.54, 1.807) is 0 Å². The summed E-state index contributed by atoms with van der Waals surface area (Å²) in [4.78, 5) is 0. The van der Waals surface area contributed by atoms with Crippen LogP contribution < -0.4 is 0 Å². The molecule has 0 heterocycles. The predicted octanol–water partition coefficient (Wildman–Crippen LogP) is 3.40. The molecule has 6 heteroatoms. The Kier molecular flexibility index (Phi) is 3.56. The fourth-order valence-electron chi connectivity index (χ4n) is 2.41. The van der Waals surface area contributed by atoms with Gasteiger partial charge < -0.3 is 5.11 Å². The molecule has 0 saturated heterocycles. The normalized spacial score (nSPS) is 24.3. The Morgan fingerprint density at radius 2 is 1.28 bits per heavy atom. The van der Waals surface area contributed by atoms with Crippen molar-refractivity contribution in [1.29, 1.82) is 0 Å². The van der Waals surface area contributed by atoms with Gasteiger partial charge in [-0.1, -0.05) is 6.42 Å². The highest BCUT2D eigenvalue weighted by atomic mass is 19.2. The second-order valence-corrected chi connectivity index (χ2v) is 4.50. The van der Waals surface area contributed by atoms with Crippen LogP contribution in [0.25, 0.3) is 0 Å². The molecule has 1 aliphatic carbocycles. The lowest BCUT2D eigenvalue weighted by atomic mass is 9.82. The largest absolute Gasteiger partial charge is 0.393 e. The molecule has 1 aromatic rings. The summed E-state index contributed by atoms with van der Waals surface area (Å²) < 4.78 is 66.0. The van der Waals surface area contributed by atoms with Crippen molar-refractivity contribution in [3.63, 3.8) is 0 Å². The highest BCUT2D eigenvalue weighted by molar-refractivity contribution is 5.28. The molecular weight excluding hydrogens is 255 g/mol. The molecule has 2 rings (SSSR count). The molecule has 1 aliphatic rings. The van der Waals surface area contributed by atoms with Crippen LogP contribution in [0.5, 0.6) is 0 Å². The lowest BCUT2D eigenvalue weighted by Gasteiger charge is -2.26. The summed E-state index contributed by atoms with van der Waals surface area (Å²) in [7, 11) is 0. The molecule has 1 saturated carbocycles. The van der Waals surface area contributed by atoms with Crippen molar-refractivity contribution in [2.45, 2.75) is 37.7 Å². The first-order valence-corrected chi connectivity index (χ1v) is 5.62. The van der Waals surface area contributed by atoms with Gasteiger partial charge in [0.1, 0.15) is 0 Å². The van der Waals surface area contributed by atoms with Gasteiger partial charge in [0.15, 0.2) is 23.3 Å². The highest BCUT2D eigenvalue weighted by Gasteiger charge is 2.32. The van der Waals surface area contributed by atoms with E-state index in [0.29, 0.717) is 19.3 Å². The van der Waals surface area contributed by atoms with E-state index in [-0.39, 0.29) is 6.42 Å². The SMILES string of the molecule is O[C@H]1CCC[C@@H](c2c(F)c(F)c(F)c(F)c2F)C1. The van der Waals surface area contributed by atoms with E-state index in [1.165, 1.54) is 0 Å². The Morgan fingerprint density at radius 1 is 0.778 bits per heavy atom. The van der Waals surface area contributed by atoms with Crippen molar-refractivity contribution in [3.8, 4) is 0 Å². The van der Waals surface area contributed by atoms with Gasteiger partial charge in [0.25, 0.3) is 0 Å². The predicted molar refractivity (Wildman–Crippen MR) is 53.4 cm³/mol. The quantitative estimate of drug-likeness (QED) is 0.469. The van der Waals surface area contributed by atoms with E-state index in [4.69, 9.17) is 0 Å². The van der Waals surface area contributed by atoms with E-state index in [0.717, 1.165) is 0 Å². The average molecular weight is 266 g/mol. The number of rotatable bonds is 1. The Labute approximate surface area is 100 Å². The van der Waals surface area contributed by atoms with E-state index in [9.17, 15) is 27.1 Å². The molecule has 1 aromatic carbocycles. The van der Waals surface area contributed by atoms with Gasteiger partial charge in [-0.25, -0.2) is 22.0 Å². The monoisotopic (exact) mass is 266 g/mol. The van der Waals surface area contributed by atoms with Crippen LogP contribution in [0.4, 0.5) is 22.0 Å². The maximum Gasteiger partial charge on any atom is 0.200 e. The van der Waals surface area contributed by atoms with E-state index >= 15 is 0 Å². The third-order valence-electron chi connectivity index (χ3n) is 3.30. The molecule has 0 bridgehead atoms. The van der Waals surface area contributed by atoms with Crippen LogP contribution in [0.1, 0.15) is 37.2 Å². The second-order valence-electron chi connectivity index (χ2n) is 4.50. The molecule has 0 spiro atoms. The summed E-state index contributed by atoms with van der Waals surface area (Å²) in [5.74, 6) is -10.4. The van der Waals surface area contributed by atoms with Gasteiger partial charge >= 0.3 is 0 Å². The minimum atomic E-state index is -2.15. The van der Waals surface area contributed by atoms with Crippen LogP contribution in [-0.4, -0.2) is 11.2 Å². The van der Waals surface area contributed by atoms with Gasteiger partial charge in [-0.05, 0) is 25.2 Å². The standard InChI is InChI=1S/C12H11F5O/c13-8-7(5-2-1-3-6(18)4-5)9(14)11(16)12(17)10(8)15/h5-6,18H,1-4H2/t5-,6+/m1/s1. The Hall–Kier alpha value is -1.17. The molecule has 1 fully saturated rings. The zero-order chi connectivity index (χ0) is 13.4.